The Morgan fingerprint density at radius 2 is 2.12 bits per heavy atom. The lowest BCUT2D eigenvalue weighted by molar-refractivity contribution is 0.0947. The van der Waals surface area contributed by atoms with E-state index in [0.717, 1.165) is 0 Å². The third kappa shape index (κ3) is 3.15. The first kappa shape index (κ1) is 15.8. The number of hydrogen-bond acceptors (Lipinski definition) is 4. The van der Waals surface area contributed by atoms with Crippen LogP contribution in [0, 0.1) is 12.7 Å². The van der Waals surface area contributed by atoms with E-state index >= 15 is 0 Å². The van der Waals surface area contributed by atoms with Gasteiger partial charge in [-0.1, -0.05) is 6.07 Å². The third-order valence-corrected chi connectivity index (χ3v) is 3.63. The number of aromatic nitrogens is 3. The Bertz CT molecular complexity index is 954. The van der Waals surface area contributed by atoms with Gasteiger partial charge in [0.05, 0.1) is 10.9 Å². The summed E-state index contributed by atoms with van der Waals surface area (Å²) in [4.78, 5) is 32.7. The zero-order chi connectivity index (χ0) is 17.1. The molecule has 0 saturated heterocycles. The lowest BCUT2D eigenvalue weighted by atomic mass is 10.2. The number of carbonyl (C=O) groups is 1. The van der Waals surface area contributed by atoms with Crippen molar-refractivity contribution in [1.29, 1.82) is 0 Å². The van der Waals surface area contributed by atoms with Gasteiger partial charge >= 0.3 is 0 Å². The molecule has 2 heterocycles. The third-order valence-electron chi connectivity index (χ3n) is 3.63. The van der Waals surface area contributed by atoms with E-state index in [4.69, 9.17) is 0 Å². The van der Waals surface area contributed by atoms with Crippen LogP contribution in [0.1, 0.15) is 16.3 Å². The van der Waals surface area contributed by atoms with E-state index in [-0.39, 0.29) is 29.9 Å². The number of benzene rings is 1. The molecule has 3 rings (SSSR count). The summed E-state index contributed by atoms with van der Waals surface area (Å²) >= 11 is 0. The molecule has 0 saturated carbocycles. The molecule has 0 atom stereocenters. The summed E-state index contributed by atoms with van der Waals surface area (Å²) in [5.41, 5.74) is 0.428. The predicted molar refractivity (Wildman–Crippen MR) is 87.3 cm³/mol. The molecule has 1 N–H and O–H groups in total. The number of fused-ring (bicyclic) bond motifs is 1. The first-order valence-corrected chi connectivity index (χ1v) is 7.42. The molecular weight excluding hydrogens is 311 g/mol. The maximum atomic E-state index is 13.4. The van der Waals surface area contributed by atoms with Gasteiger partial charge in [-0.2, -0.15) is 0 Å². The minimum Gasteiger partial charge on any atom is -0.349 e. The van der Waals surface area contributed by atoms with Gasteiger partial charge in [0.1, 0.15) is 17.3 Å². The Morgan fingerprint density at radius 1 is 1.29 bits per heavy atom. The maximum Gasteiger partial charge on any atom is 0.269 e. The second-order valence-electron chi connectivity index (χ2n) is 5.25. The Balaban J connectivity index is 1.78. The molecule has 2 aromatic heterocycles. The Labute approximate surface area is 137 Å². The first-order valence-electron chi connectivity index (χ1n) is 7.42. The minimum absolute atomic E-state index is 0.219. The average Bonchev–Trinajstić information content (AvgIpc) is 2.59. The summed E-state index contributed by atoms with van der Waals surface area (Å²) in [6.07, 6.45) is 1.53. The van der Waals surface area contributed by atoms with Crippen molar-refractivity contribution < 1.29 is 9.18 Å². The number of aryl methyl sites for hydroxylation is 1. The molecule has 24 heavy (non-hydrogen) atoms. The van der Waals surface area contributed by atoms with Crippen LogP contribution >= 0.6 is 0 Å². The van der Waals surface area contributed by atoms with Gasteiger partial charge in [0, 0.05) is 19.3 Å². The lowest BCUT2D eigenvalue weighted by Crippen LogP contribution is -2.32. The molecule has 7 heteroatoms. The van der Waals surface area contributed by atoms with Crippen LogP contribution < -0.4 is 10.9 Å². The van der Waals surface area contributed by atoms with Gasteiger partial charge in [0.15, 0.2) is 0 Å². The van der Waals surface area contributed by atoms with Crippen LogP contribution in [0.4, 0.5) is 4.39 Å². The van der Waals surface area contributed by atoms with Crippen molar-refractivity contribution in [2.45, 2.75) is 13.5 Å². The highest BCUT2D eigenvalue weighted by molar-refractivity contribution is 5.92. The van der Waals surface area contributed by atoms with Gasteiger partial charge in [-0.05, 0) is 37.3 Å². The van der Waals surface area contributed by atoms with Gasteiger partial charge in [0.2, 0.25) is 0 Å². The molecule has 1 aromatic carbocycles. The molecule has 3 aromatic rings. The smallest absolute Gasteiger partial charge is 0.269 e. The highest BCUT2D eigenvalue weighted by Gasteiger charge is 2.10. The van der Waals surface area contributed by atoms with E-state index < -0.39 is 5.82 Å². The average molecular weight is 326 g/mol. The lowest BCUT2D eigenvalue weighted by Gasteiger charge is -2.11. The Kier molecular flexibility index (Phi) is 4.33. The molecule has 0 fully saturated rings. The van der Waals surface area contributed by atoms with Crippen molar-refractivity contribution in [3.05, 3.63) is 70.3 Å². The largest absolute Gasteiger partial charge is 0.349 e. The molecule has 0 radical (unpaired) electrons. The van der Waals surface area contributed by atoms with Crippen molar-refractivity contribution in [2.75, 3.05) is 6.54 Å². The summed E-state index contributed by atoms with van der Waals surface area (Å²) in [6.45, 7) is 2.17. The van der Waals surface area contributed by atoms with Crippen molar-refractivity contribution in [3.63, 3.8) is 0 Å². The second kappa shape index (κ2) is 6.57. The first-order chi connectivity index (χ1) is 11.6. The number of nitrogens with zero attached hydrogens (tertiary/aromatic N) is 3. The zero-order valence-corrected chi connectivity index (χ0v) is 13.0. The summed E-state index contributed by atoms with van der Waals surface area (Å²) in [5, 5.41) is 2.92. The van der Waals surface area contributed by atoms with Crippen LogP contribution in [0.3, 0.4) is 0 Å². The molecule has 0 aliphatic heterocycles. The van der Waals surface area contributed by atoms with Gasteiger partial charge in [-0.15, -0.1) is 0 Å². The van der Waals surface area contributed by atoms with E-state index in [0.29, 0.717) is 17.0 Å². The monoisotopic (exact) mass is 326 g/mol. The molecule has 1 amide bonds. The summed E-state index contributed by atoms with van der Waals surface area (Å²) < 4.78 is 14.8. The van der Waals surface area contributed by atoms with E-state index in [9.17, 15) is 14.0 Å². The standard InChI is InChI=1S/C17H15FN4O2/c1-11-21-14-6-5-12(18)10-13(14)17(24)22(11)9-8-20-16(23)15-4-2-3-7-19-15/h2-7,10H,8-9H2,1H3,(H,20,23). The molecule has 0 aliphatic carbocycles. The van der Waals surface area contributed by atoms with Crippen LogP contribution in [0.5, 0.6) is 0 Å². The van der Waals surface area contributed by atoms with Crippen LogP contribution in [-0.2, 0) is 6.54 Å². The van der Waals surface area contributed by atoms with Crippen molar-refractivity contribution in [3.8, 4) is 0 Å². The number of halogens is 1. The van der Waals surface area contributed by atoms with E-state index in [1.54, 1.807) is 25.1 Å². The van der Waals surface area contributed by atoms with Gasteiger partial charge in [-0.3, -0.25) is 19.1 Å². The van der Waals surface area contributed by atoms with Crippen LogP contribution in [0.25, 0.3) is 10.9 Å². The number of amides is 1. The molecular formula is C17H15FN4O2. The van der Waals surface area contributed by atoms with E-state index in [1.807, 2.05) is 0 Å². The summed E-state index contributed by atoms with van der Waals surface area (Å²) in [5.74, 6) is -0.299. The number of pyridine rings is 1. The fourth-order valence-electron chi connectivity index (χ4n) is 2.44. The van der Waals surface area contributed by atoms with E-state index in [2.05, 4.69) is 15.3 Å². The van der Waals surface area contributed by atoms with E-state index in [1.165, 1.54) is 29.0 Å². The fraction of sp³-hybridized carbons (Fsp3) is 0.176. The highest BCUT2D eigenvalue weighted by atomic mass is 19.1. The predicted octanol–water partition coefficient (Wildman–Crippen LogP) is 1.67. The molecule has 122 valence electrons. The number of hydrogen-bond donors (Lipinski definition) is 1. The molecule has 0 unspecified atom stereocenters. The molecule has 0 spiro atoms. The van der Waals surface area contributed by atoms with Crippen LogP contribution in [0.15, 0.2) is 47.4 Å². The summed E-state index contributed by atoms with van der Waals surface area (Å²) in [7, 11) is 0. The quantitative estimate of drug-likeness (QED) is 0.791. The Hall–Kier alpha value is -3.09. The molecule has 0 bridgehead atoms. The minimum atomic E-state index is -0.486. The maximum absolute atomic E-state index is 13.4. The van der Waals surface area contributed by atoms with Gasteiger partial charge < -0.3 is 5.32 Å². The van der Waals surface area contributed by atoms with Crippen LogP contribution in [0.2, 0.25) is 0 Å². The fourth-order valence-corrected chi connectivity index (χ4v) is 2.44. The normalized spacial score (nSPS) is 10.8. The topological polar surface area (TPSA) is 76.9 Å². The SMILES string of the molecule is Cc1nc2ccc(F)cc2c(=O)n1CCNC(=O)c1ccccn1. The van der Waals surface area contributed by atoms with Gasteiger partial charge in [0.25, 0.3) is 11.5 Å². The number of rotatable bonds is 4. The van der Waals surface area contributed by atoms with Crippen LogP contribution in [-0.4, -0.2) is 27.0 Å². The number of nitrogens with one attached hydrogen (secondary N) is 1. The van der Waals surface area contributed by atoms with Crippen molar-refractivity contribution in [2.24, 2.45) is 0 Å². The molecule has 6 nitrogen and oxygen atoms in total. The highest BCUT2D eigenvalue weighted by Crippen LogP contribution is 2.10. The number of carbonyl (C=O) groups excluding carboxylic acids is 1. The Morgan fingerprint density at radius 3 is 2.88 bits per heavy atom. The molecule has 0 aliphatic rings. The van der Waals surface area contributed by atoms with Gasteiger partial charge in [-0.25, -0.2) is 9.37 Å². The van der Waals surface area contributed by atoms with Crippen molar-refractivity contribution >= 4 is 16.8 Å². The summed E-state index contributed by atoms with van der Waals surface area (Å²) in [6, 6.07) is 8.97. The zero-order valence-electron chi connectivity index (χ0n) is 13.0. The van der Waals surface area contributed by atoms with Crippen molar-refractivity contribution in [1.82, 2.24) is 19.9 Å². The second-order valence-corrected chi connectivity index (χ2v) is 5.25.